The van der Waals surface area contributed by atoms with Gasteiger partial charge in [-0.2, -0.15) is 0 Å². The van der Waals surface area contributed by atoms with Crippen LogP contribution in [0.2, 0.25) is 0 Å². The molecular weight excluding hydrogens is 262 g/mol. The van der Waals surface area contributed by atoms with E-state index in [1.54, 1.807) is 6.08 Å². The lowest BCUT2D eigenvalue weighted by Gasteiger charge is -2.11. The van der Waals surface area contributed by atoms with Crippen molar-refractivity contribution >= 4 is 27.3 Å². The zero-order valence-corrected chi connectivity index (χ0v) is 9.69. The molecule has 0 aliphatic heterocycles. The van der Waals surface area contributed by atoms with Gasteiger partial charge in [0.1, 0.15) is 11.9 Å². The van der Waals surface area contributed by atoms with E-state index < -0.39 is 4.92 Å². The van der Waals surface area contributed by atoms with E-state index in [-0.39, 0.29) is 11.7 Å². The van der Waals surface area contributed by atoms with Gasteiger partial charge >= 0.3 is 5.69 Å². The van der Waals surface area contributed by atoms with Crippen LogP contribution >= 0.6 is 15.9 Å². The number of pyridine rings is 1. The van der Waals surface area contributed by atoms with Crippen molar-refractivity contribution in [3.63, 3.8) is 0 Å². The van der Waals surface area contributed by atoms with Gasteiger partial charge in [0.15, 0.2) is 0 Å². The fourth-order valence-electron chi connectivity index (χ4n) is 0.993. The molecule has 1 atom stereocenters. The van der Waals surface area contributed by atoms with Crippen LogP contribution in [0.15, 0.2) is 29.5 Å². The first-order valence-corrected chi connectivity index (χ1v) is 5.02. The van der Waals surface area contributed by atoms with Gasteiger partial charge < -0.3 is 5.32 Å². The van der Waals surface area contributed by atoms with Crippen LogP contribution in [-0.2, 0) is 0 Å². The van der Waals surface area contributed by atoms with Crippen LogP contribution in [0.1, 0.15) is 6.92 Å². The Morgan fingerprint density at radius 1 is 1.73 bits per heavy atom. The first-order chi connectivity index (χ1) is 7.06. The van der Waals surface area contributed by atoms with E-state index in [0.717, 1.165) is 0 Å². The molecule has 0 spiro atoms. The molecule has 15 heavy (non-hydrogen) atoms. The molecule has 1 aromatic heterocycles. The van der Waals surface area contributed by atoms with Crippen LogP contribution in [0.4, 0.5) is 11.4 Å². The Hall–Kier alpha value is -1.43. The number of nitro groups is 1. The summed E-state index contributed by atoms with van der Waals surface area (Å²) in [7, 11) is 0. The van der Waals surface area contributed by atoms with Crippen molar-refractivity contribution in [2.45, 2.75) is 13.0 Å². The Bertz CT molecular complexity index is 395. The Balaban J connectivity index is 3.13. The largest absolute Gasteiger partial charge is 0.373 e. The molecule has 1 N–H and O–H groups in total. The van der Waals surface area contributed by atoms with Crippen LogP contribution in [0.3, 0.4) is 0 Å². The molecule has 0 radical (unpaired) electrons. The molecule has 80 valence electrons. The second-order valence-corrected chi connectivity index (χ2v) is 3.80. The number of rotatable bonds is 4. The molecule has 0 saturated heterocycles. The molecular formula is C9H10BrN3O2. The number of nitrogens with zero attached hydrogens (tertiary/aromatic N) is 2. The van der Waals surface area contributed by atoms with Crippen LogP contribution in [0.25, 0.3) is 0 Å². The molecule has 1 aromatic rings. The van der Waals surface area contributed by atoms with Gasteiger partial charge in [-0.1, -0.05) is 6.08 Å². The highest BCUT2D eigenvalue weighted by Gasteiger charge is 2.17. The lowest BCUT2D eigenvalue weighted by molar-refractivity contribution is -0.384. The average molecular weight is 272 g/mol. The smallest absolute Gasteiger partial charge is 0.311 e. The molecule has 6 heteroatoms. The van der Waals surface area contributed by atoms with Crippen molar-refractivity contribution in [2.75, 3.05) is 5.32 Å². The third-order valence-corrected chi connectivity index (χ3v) is 2.40. The summed E-state index contributed by atoms with van der Waals surface area (Å²) in [5.74, 6) is 0. The van der Waals surface area contributed by atoms with Gasteiger partial charge in [0.25, 0.3) is 0 Å². The molecule has 1 heterocycles. The van der Waals surface area contributed by atoms with Gasteiger partial charge in [-0.05, 0) is 22.9 Å². The second kappa shape index (κ2) is 4.88. The molecule has 0 saturated carbocycles. The monoisotopic (exact) mass is 271 g/mol. The quantitative estimate of drug-likeness (QED) is 0.520. The van der Waals surface area contributed by atoms with Gasteiger partial charge in [0.2, 0.25) is 0 Å². The highest BCUT2D eigenvalue weighted by atomic mass is 79.9. The van der Waals surface area contributed by atoms with Crippen LogP contribution in [-0.4, -0.2) is 15.9 Å². The van der Waals surface area contributed by atoms with E-state index in [0.29, 0.717) is 10.2 Å². The van der Waals surface area contributed by atoms with Gasteiger partial charge in [-0.15, -0.1) is 6.58 Å². The maximum atomic E-state index is 10.7. The van der Waals surface area contributed by atoms with E-state index in [1.165, 1.54) is 12.4 Å². The number of hydrogen-bond acceptors (Lipinski definition) is 4. The van der Waals surface area contributed by atoms with Crippen LogP contribution < -0.4 is 5.32 Å². The van der Waals surface area contributed by atoms with Crippen molar-refractivity contribution in [3.05, 3.63) is 39.6 Å². The van der Waals surface area contributed by atoms with Crippen molar-refractivity contribution in [1.82, 2.24) is 4.98 Å². The lowest BCUT2D eigenvalue weighted by atomic mass is 10.3. The zero-order chi connectivity index (χ0) is 11.4. The average Bonchev–Trinajstić information content (AvgIpc) is 2.20. The number of hydrogen-bond donors (Lipinski definition) is 1. The maximum absolute atomic E-state index is 10.7. The Labute approximate surface area is 95.5 Å². The predicted octanol–water partition coefficient (Wildman–Crippen LogP) is 2.74. The van der Waals surface area contributed by atoms with E-state index in [2.05, 4.69) is 32.8 Å². The first kappa shape index (κ1) is 11.6. The summed E-state index contributed by atoms with van der Waals surface area (Å²) in [6.45, 7) is 5.45. The Kier molecular flexibility index (Phi) is 3.79. The van der Waals surface area contributed by atoms with Gasteiger partial charge in [0.05, 0.1) is 9.40 Å². The number of halogens is 1. The van der Waals surface area contributed by atoms with Crippen molar-refractivity contribution in [1.29, 1.82) is 0 Å². The predicted molar refractivity (Wildman–Crippen MR) is 61.9 cm³/mol. The van der Waals surface area contributed by atoms with E-state index >= 15 is 0 Å². The summed E-state index contributed by atoms with van der Waals surface area (Å²) in [5, 5.41) is 13.7. The highest BCUT2D eigenvalue weighted by molar-refractivity contribution is 9.10. The van der Waals surface area contributed by atoms with Gasteiger partial charge in [0, 0.05) is 12.2 Å². The summed E-state index contributed by atoms with van der Waals surface area (Å²) in [4.78, 5) is 14.0. The minimum atomic E-state index is -0.476. The number of anilines is 1. The summed E-state index contributed by atoms with van der Waals surface area (Å²) in [6, 6.07) is -0.0533. The van der Waals surface area contributed by atoms with E-state index in [4.69, 9.17) is 0 Å². The summed E-state index contributed by atoms with van der Waals surface area (Å²) < 4.78 is 0.561. The minimum Gasteiger partial charge on any atom is -0.373 e. The van der Waals surface area contributed by atoms with Crippen molar-refractivity contribution in [2.24, 2.45) is 0 Å². The fourth-order valence-corrected chi connectivity index (χ4v) is 1.43. The molecule has 0 fully saturated rings. The Morgan fingerprint density at radius 2 is 2.40 bits per heavy atom. The maximum Gasteiger partial charge on any atom is 0.311 e. The third-order valence-electron chi connectivity index (χ3n) is 1.80. The molecule has 0 amide bonds. The highest BCUT2D eigenvalue weighted by Crippen LogP contribution is 2.31. The minimum absolute atomic E-state index is 0.0533. The normalized spacial score (nSPS) is 11.9. The number of aromatic nitrogens is 1. The molecule has 0 bridgehead atoms. The second-order valence-electron chi connectivity index (χ2n) is 2.94. The molecule has 1 unspecified atom stereocenters. The Morgan fingerprint density at radius 3 is 2.93 bits per heavy atom. The standard InChI is InChI=1S/C9H10BrN3O2/c1-3-6(2)12-9-7(10)4-11-5-8(9)13(14)15/h3-6H,1H2,2H3,(H,11,12). The molecule has 1 rings (SSSR count). The van der Waals surface area contributed by atoms with E-state index in [1.807, 2.05) is 6.92 Å². The summed E-state index contributed by atoms with van der Waals surface area (Å²) >= 11 is 3.21. The summed E-state index contributed by atoms with van der Waals surface area (Å²) in [6.07, 6.45) is 4.38. The molecule has 5 nitrogen and oxygen atoms in total. The molecule has 0 aromatic carbocycles. The number of nitrogens with one attached hydrogen (secondary N) is 1. The third kappa shape index (κ3) is 2.76. The first-order valence-electron chi connectivity index (χ1n) is 4.23. The SMILES string of the molecule is C=CC(C)Nc1c(Br)cncc1[N+](=O)[O-]. The zero-order valence-electron chi connectivity index (χ0n) is 8.11. The van der Waals surface area contributed by atoms with Crippen LogP contribution in [0.5, 0.6) is 0 Å². The molecule has 0 aliphatic carbocycles. The fraction of sp³-hybridized carbons (Fsp3) is 0.222. The van der Waals surface area contributed by atoms with E-state index in [9.17, 15) is 10.1 Å². The topological polar surface area (TPSA) is 68.1 Å². The molecule has 0 aliphatic rings. The van der Waals surface area contributed by atoms with Gasteiger partial charge in [-0.25, -0.2) is 0 Å². The summed E-state index contributed by atoms with van der Waals surface area (Å²) in [5.41, 5.74) is 0.362. The van der Waals surface area contributed by atoms with Crippen LogP contribution in [0, 0.1) is 10.1 Å². The van der Waals surface area contributed by atoms with Gasteiger partial charge in [-0.3, -0.25) is 15.1 Å². The lowest BCUT2D eigenvalue weighted by Crippen LogP contribution is -2.13. The van der Waals surface area contributed by atoms with Crippen molar-refractivity contribution in [3.8, 4) is 0 Å². The van der Waals surface area contributed by atoms with Crippen molar-refractivity contribution < 1.29 is 4.92 Å².